The maximum absolute atomic E-state index is 11.7. The number of thioether (sulfide) groups is 1. The molecule has 0 aliphatic carbocycles. The molecule has 0 aromatic heterocycles. The van der Waals surface area contributed by atoms with Crippen molar-refractivity contribution in [1.82, 2.24) is 5.32 Å². The zero-order valence-electron chi connectivity index (χ0n) is 14.7. The molecule has 0 radical (unpaired) electrons. The smallest absolute Gasteiger partial charge is 0.410 e. The Hall–Kier alpha value is -1.94. The first-order valence-corrected chi connectivity index (χ1v) is 9.41. The van der Waals surface area contributed by atoms with E-state index in [1.165, 1.54) is 10.5 Å². The summed E-state index contributed by atoms with van der Waals surface area (Å²) >= 11 is 1.75. The van der Waals surface area contributed by atoms with Gasteiger partial charge < -0.3 is 10.1 Å². The van der Waals surface area contributed by atoms with Crippen molar-refractivity contribution in [3.05, 3.63) is 59.7 Å². The molecule has 1 atom stereocenters. The summed E-state index contributed by atoms with van der Waals surface area (Å²) in [5, 5.41) is 2.72. The lowest BCUT2D eigenvalue weighted by molar-refractivity contribution is 0.197. The van der Waals surface area contributed by atoms with Crippen LogP contribution in [0, 0.1) is 0 Å². The normalized spacial score (nSPS) is 12.0. The van der Waals surface area contributed by atoms with Gasteiger partial charge in [-0.15, -0.1) is 11.8 Å². The number of nitrogens with one attached hydrogen (secondary N) is 1. The van der Waals surface area contributed by atoms with Gasteiger partial charge in [0.25, 0.3) is 0 Å². The van der Waals surface area contributed by atoms with Crippen molar-refractivity contribution < 1.29 is 9.53 Å². The van der Waals surface area contributed by atoms with Crippen LogP contribution in [0.1, 0.15) is 37.8 Å². The van der Waals surface area contributed by atoms with Crippen LogP contribution in [-0.4, -0.2) is 18.4 Å². The van der Waals surface area contributed by atoms with Crippen molar-refractivity contribution in [2.45, 2.75) is 44.0 Å². The zero-order valence-corrected chi connectivity index (χ0v) is 15.5. The number of hydrogen-bond acceptors (Lipinski definition) is 3. The average molecular weight is 343 g/mol. The number of carbonyl (C=O) groups is 1. The first-order chi connectivity index (χ1) is 11.5. The molecular weight excluding hydrogens is 318 g/mol. The summed E-state index contributed by atoms with van der Waals surface area (Å²) in [5.41, 5.74) is 2.47. The molecule has 2 aromatic carbocycles. The van der Waals surface area contributed by atoms with Gasteiger partial charge in [0.2, 0.25) is 0 Å². The SMILES string of the molecule is CSc1ccc(C(C)Cc2cccc(OC(=O)NC(C)C)c2)cc1. The van der Waals surface area contributed by atoms with E-state index in [-0.39, 0.29) is 6.04 Å². The van der Waals surface area contributed by atoms with Crippen molar-refractivity contribution in [3.8, 4) is 5.75 Å². The van der Waals surface area contributed by atoms with Crippen molar-refractivity contribution in [2.75, 3.05) is 6.26 Å². The minimum atomic E-state index is -0.414. The first kappa shape index (κ1) is 18.4. The lowest BCUT2D eigenvalue weighted by Gasteiger charge is -2.14. The molecule has 0 saturated carbocycles. The molecule has 128 valence electrons. The second-order valence-corrected chi connectivity index (χ2v) is 7.09. The quantitative estimate of drug-likeness (QED) is 0.728. The minimum absolute atomic E-state index is 0.0601. The number of hydrogen-bond donors (Lipinski definition) is 1. The summed E-state index contributed by atoms with van der Waals surface area (Å²) in [4.78, 5) is 13.0. The third-order valence-corrected chi connectivity index (χ3v) is 4.49. The van der Waals surface area contributed by atoms with Gasteiger partial charge in [0, 0.05) is 10.9 Å². The van der Waals surface area contributed by atoms with Crippen LogP contribution in [0.15, 0.2) is 53.4 Å². The van der Waals surface area contributed by atoms with E-state index in [1.54, 1.807) is 17.8 Å². The van der Waals surface area contributed by atoms with Crippen molar-refractivity contribution in [1.29, 1.82) is 0 Å². The fourth-order valence-corrected chi connectivity index (χ4v) is 2.92. The Bertz CT molecular complexity index is 668. The Morgan fingerprint density at radius 1 is 1.12 bits per heavy atom. The fourth-order valence-electron chi connectivity index (χ4n) is 2.51. The number of amides is 1. The van der Waals surface area contributed by atoms with Crippen molar-refractivity contribution in [3.63, 3.8) is 0 Å². The highest BCUT2D eigenvalue weighted by molar-refractivity contribution is 7.98. The number of carbonyl (C=O) groups excluding carboxylic acids is 1. The maximum Gasteiger partial charge on any atom is 0.412 e. The molecule has 2 aromatic rings. The third kappa shape index (κ3) is 5.60. The van der Waals surface area contributed by atoms with Gasteiger partial charge in [0.1, 0.15) is 5.75 Å². The highest BCUT2D eigenvalue weighted by atomic mass is 32.2. The Balaban J connectivity index is 2.01. The molecule has 1 N–H and O–H groups in total. The van der Waals surface area contributed by atoms with E-state index in [9.17, 15) is 4.79 Å². The second kappa shape index (κ2) is 8.78. The monoisotopic (exact) mass is 343 g/mol. The summed E-state index contributed by atoms with van der Waals surface area (Å²) in [6, 6.07) is 16.5. The Labute approximate surface area is 148 Å². The largest absolute Gasteiger partial charge is 0.412 e. The van der Waals surface area contributed by atoms with Crippen LogP contribution in [0.5, 0.6) is 5.75 Å². The van der Waals surface area contributed by atoms with Crippen molar-refractivity contribution >= 4 is 17.9 Å². The standard InChI is InChI=1S/C20H25NO2S/c1-14(2)21-20(22)23-18-7-5-6-16(13-18)12-15(3)17-8-10-19(24-4)11-9-17/h5-11,13-15H,12H2,1-4H3,(H,21,22). The van der Waals surface area contributed by atoms with E-state index in [0.717, 1.165) is 12.0 Å². The van der Waals surface area contributed by atoms with E-state index in [1.807, 2.05) is 26.0 Å². The predicted molar refractivity (Wildman–Crippen MR) is 101 cm³/mol. The third-order valence-electron chi connectivity index (χ3n) is 3.74. The van der Waals surface area contributed by atoms with Gasteiger partial charge in [0.15, 0.2) is 0 Å². The number of benzene rings is 2. The van der Waals surface area contributed by atoms with Gasteiger partial charge in [-0.3, -0.25) is 0 Å². The fraction of sp³-hybridized carbons (Fsp3) is 0.350. The second-order valence-electron chi connectivity index (χ2n) is 6.21. The molecule has 3 nitrogen and oxygen atoms in total. The Morgan fingerprint density at radius 2 is 1.83 bits per heavy atom. The molecule has 1 amide bonds. The van der Waals surface area contributed by atoms with Gasteiger partial charge in [-0.25, -0.2) is 4.79 Å². The predicted octanol–water partition coefficient (Wildman–Crippen LogP) is 5.25. The molecule has 0 bridgehead atoms. The Kier molecular flexibility index (Phi) is 6.73. The minimum Gasteiger partial charge on any atom is -0.410 e. The zero-order chi connectivity index (χ0) is 17.5. The van der Waals surface area contributed by atoms with Crippen LogP contribution in [0.4, 0.5) is 4.79 Å². The highest BCUT2D eigenvalue weighted by Gasteiger charge is 2.10. The molecule has 0 spiro atoms. The number of rotatable bonds is 6. The van der Waals surface area contributed by atoms with E-state index in [4.69, 9.17) is 4.74 Å². The van der Waals surface area contributed by atoms with E-state index in [0.29, 0.717) is 11.7 Å². The molecule has 0 aliphatic heterocycles. The summed E-state index contributed by atoms with van der Waals surface area (Å²) in [6.45, 7) is 6.02. The van der Waals surface area contributed by atoms with Crippen molar-refractivity contribution in [2.24, 2.45) is 0 Å². The van der Waals surface area contributed by atoms with Crippen LogP contribution < -0.4 is 10.1 Å². The van der Waals surface area contributed by atoms with Gasteiger partial charge in [-0.1, -0.05) is 31.2 Å². The molecule has 0 fully saturated rings. The summed E-state index contributed by atoms with van der Waals surface area (Å²) < 4.78 is 5.33. The molecule has 24 heavy (non-hydrogen) atoms. The molecule has 4 heteroatoms. The molecule has 1 unspecified atom stereocenters. The lowest BCUT2D eigenvalue weighted by Crippen LogP contribution is -2.32. The summed E-state index contributed by atoms with van der Waals surface area (Å²) in [6.07, 6.45) is 2.57. The van der Waals surface area contributed by atoms with Crippen LogP contribution >= 0.6 is 11.8 Å². The van der Waals surface area contributed by atoms with Gasteiger partial charge in [-0.2, -0.15) is 0 Å². The summed E-state index contributed by atoms with van der Waals surface area (Å²) in [5.74, 6) is 0.983. The molecule has 0 aliphatic rings. The van der Waals surface area contributed by atoms with Gasteiger partial charge in [0.05, 0.1) is 0 Å². The van der Waals surface area contributed by atoms with Crippen LogP contribution in [-0.2, 0) is 6.42 Å². The number of ether oxygens (including phenoxy) is 1. The van der Waals surface area contributed by atoms with Crippen LogP contribution in [0.3, 0.4) is 0 Å². The highest BCUT2D eigenvalue weighted by Crippen LogP contribution is 2.25. The van der Waals surface area contributed by atoms with Gasteiger partial charge >= 0.3 is 6.09 Å². The lowest BCUT2D eigenvalue weighted by atomic mass is 9.94. The Morgan fingerprint density at radius 3 is 2.46 bits per heavy atom. The molecule has 0 heterocycles. The molecule has 0 saturated heterocycles. The van der Waals surface area contributed by atoms with Crippen LogP contribution in [0.2, 0.25) is 0 Å². The topological polar surface area (TPSA) is 38.3 Å². The first-order valence-electron chi connectivity index (χ1n) is 8.19. The van der Waals surface area contributed by atoms with E-state index >= 15 is 0 Å². The van der Waals surface area contributed by atoms with Gasteiger partial charge in [-0.05, 0) is 67.8 Å². The van der Waals surface area contributed by atoms with E-state index in [2.05, 4.69) is 48.8 Å². The summed E-state index contributed by atoms with van der Waals surface area (Å²) in [7, 11) is 0. The molecule has 2 rings (SSSR count). The van der Waals surface area contributed by atoms with E-state index < -0.39 is 6.09 Å². The maximum atomic E-state index is 11.7. The molecular formula is C20H25NO2S. The average Bonchev–Trinajstić information content (AvgIpc) is 2.54. The van der Waals surface area contributed by atoms with Crippen LogP contribution in [0.25, 0.3) is 0 Å².